The van der Waals surface area contributed by atoms with E-state index in [2.05, 4.69) is 4.98 Å². The summed E-state index contributed by atoms with van der Waals surface area (Å²) in [5.41, 5.74) is 3.66. The van der Waals surface area contributed by atoms with Crippen LogP contribution in [0.25, 0.3) is 0 Å². The minimum absolute atomic E-state index is 0.257. The molecule has 1 aromatic heterocycles. The van der Waals surface area contributed by atoms with Crippen molar-refractivity contribution >= 4 is 23.4 Å². The summed E-state index contributed by atoms with van der Waals surface area (Å²) in [6.45, 7) is 7.84. The molecule has 25 heavy (non-hydrogen) atoms. The van der Waals surface area contributed by atoms with Gasteiger partial charge in [-0.1, -0.05) is 12.1 Å². The Balaban J connectivity index is 2.21. The maximum atomic E-state index is 12.5. The molecule has 7 heteroatoms. The molecule has 0 aliphatic carbocycles. The summed E-state index contributed by atoms with van der Waals surface area (Å²) in [5.74, 6) is -0.962. The Morgan fingerprint density at radius 2 is 2.00 bits per heavy atom. The number of carboxylic acid groups (broad SMARTS) is 1. The van der Waals surface area contributed by atoms with E-state index in [4.69, 9.17) is 9.84 Å². The van der Waals surface area contributed by atoms with E-state index >= 15 is 0 Å². The Labute approximate surface area is 151 Å². The molecule has 134 valence electrons. The van der Waals surface area contributed by atoms with Crippen molar-refractivity contribution in [3.05, 3.63) is 51.5 Å². The largest absolute Gasteiger partial charge is 0.478 e. The van der Waals surface area contributed by atoms with Gasteiger partial charge in [-0.2, -0.15) is 0 Å². The third-order valence-corrected chi connectivity index (χ3v) is 4.02. The second-order valence-electron chi connectivity index (χ2n) is 6.77. The monoisotopic (exact) mass is 362 g/mol. The van der Waals surface area contributed by atoms with E-state index in [1.54, 1.807) is 35.5 Å². The van der Waals surface area contributed by atoms with Crippen LogP contribution in [0.2, 0.25) is 0 Å². The van der Waals surface area contributed by atoms with Crippen LogP contribution in [0.4, 0.5) is 4.79 Å². The third kappa shape index (κ3) is 5.56. The minimum Gasteiger partial charge on any atom is -0.478 e. The number of nitrogens with zero attached hydrogens (tertiary/aromatic N) is 2. The van der Waals surface area contributed by atoms with Gasteiger partial charge in [0, 0.05) is 11.9 Å². The predicted molar refractivity (Wildman–Crippen MR) is 95.7 cm³/mol. The minimum atomic E-state index is -0.962. The summed E-state index contributed by atoms with van der Waals surface area (Å²) in [6, 6.07) is 5.06. The predicted octanol–water partition coefficient (Wildman–Crippen LogP) is 4.09. The fraction of sp³-hybridized carbons (Fsp3) is 0.389. The number of carbonyl (C=O) groups is 2. The van der Waals surface area contributed by atoms with Gasteiger partial charge in [-0.05, 0) is 44.9 Å². The summed E-state index contributed by atoms with van der Waals surface area (Å²) in [5, 5.41) is 11.0. The number of hydrogen-bond donors (Lipinski definition) is 1. The maximum Gasteiger partial charge on any atom is 0.410 e. The highest BCUT2D eigenvalue weighted by Gasteiger charge is 2.23. The number of rotatable bonds is 5. The van der Waals surface area contributed by atoms with Crippen LogP contribution in [0.3, 0.4) is 0 Å². The molecule has 0 fully saturated rings. The van der Waals surface area contributed by atoms with Crippen LogP contribution >= 0.6 is 11.3 Å². The fourth-order valence-corrected chi connectivity index (χ4v) is 2.86. The Morgan fingerprint density at radius 1 is 1.28 bits per heavy atom. The van der Waals surface area contributed by atoms with Gasteiger partial charge in [0.1, 0.15) is 5.60 Å². The van der Waals surface area contributed by atoms with Crippen molar-refractivity contribution in [1.29, 1.82) is 0 Å². The summed E-state index contributed by atoms with van der Waals surface area (Å²) in [7, 11) is 0. The van der Waals surface area contributed by atoms with Crippen LogP contribution in [0.5, 0.6) is 0 Å². The quantitative estimate of drug-likeness (QED) is 0.867. The van der Waals surface area contributed by atoms with Crippen LogP contribution in [-0.4, -0.2) is 32.7 Å². The van der Waals surface area contributed by atoms with E-state index in [0.717, 1.165) is 11.3 Å². The van der Waals surface area contributed by atoms with Crippen molar-refractivity contribution in [3.63, 3.8) is 0 Å². The van der Waals surface area contributed by atoms with Crippen molar-refractivity contribution < 1.29 is 19.4 Å². The smallest absolute Gasteiger partial charge is 0.410 e. The van der Waals surface area contributed by atoms with Gasteiger partial charge in [0.15, 0.2) is 0 Å². The number of aromatic carboxylic acids is 1. The molecule has 0 aliphatic heterocycles. The second kappa shape index (κ2) is 7.65. The van der Waals surface area contributed by atoms with Crippen molar-refractivity contribution in [2.45, 2.75) is 46.4 Å². The van der Waals surface area contributed by atoms with Crippen LogP contribution in [0.1, 0.15) is 48.0 Å². The van der Waals surface area contributed by atoms with E-state index < -0.39 is 17.7 Å². The SMILES string of the molecule is Cc1cc(CN(Cc2cscn2)C(=O)OC(C)(C)C)ccc1C(=O)O. The fourth-order valence-electron chi connectivity index (χ4n) is 2.31. The molecule has 0 saturated carbocycles. The zero-order chi connectivity index (χ0) is 18.6. The van der Waals surface area contributed by atoms with Crippen molar-refractivity contribution in [2.24, 2.45) is 0 Å². The maximum absolute atomic E-state index is 12.5. The molecule has 0 atom stereocenters. The van der Waals surface area contributed by atoms with E-state index in [0.29, 0.717) is 18.7 Å². The Hall–Kier alpha value is -2.41. The summed E-state index contributed by atoms with van der Waals surface area (Å²) >= 11 is 1.47. The Bertz CT molecular complexity index is 751. The zero-order valence-corrected chi connectivity index (χ0v) is 15.6. The normalized spacial score (nSPS) is 11.2. The molecular weight excluding hydrogens is 340 g/mol. The molecular formula is C18H22N2O4S. The summed E-state index contributed by atoms with van der Waals surface area (Å²) in [4.78, 5) is 29.5. The van der Waals surface area contributed by atoms with Gasteiger partial charge in [0.05, 0.1) is 23.3 Å². The van der Waals surface area contributed by atoms with Crippen LogP contribution in [0.15, 0.2) is 29.1 Å². The number of benzene rings is 1. The first-order valence-electron chi connectivity index (χ1n) is 7.83. The molecule has 0 radical (unpaired) electrons. The molecule has 2 aromatic rings. The number of hydrogen-bond acceptors (Lipinski definition) is 5. The van der Waals surface area contributed by atoms with Crippen LogP contribution in [-0.2, 0) is 17.8 Å². The van der Waals surface area contributed by atoms with Gasteiger partial charge in [0.2, 0.25) is 0 Å². The van der Waals surface area contributed by atoms with Gasteiger partial charge in [-0.15, -0.1) is 11.3 Å². The first-order chi connectivity index (χ1) is 11.7. The van der Waals surface area contributed by atoms with Crippen molar-refractivity contribution in [1.82, 2.24) is 9.88 Å². The number of aryl methyl sites for hydroxylation is 1. The lowest BCUT2D eigenvalue weighted by atomic mass is 10.0. The molecule has 0 spiro atoms. The zero-order valence-electron chi connectivity index (χ0n) is 14.8. The van der Waals surface area contributed by atoms with Gasteiger partial charge in [-0.25, -0.2) is 14.6 Å². The van der Waals surface area contributed by atoms with E-state index in [1.165, 1.54) is 11.3 Å². The van der Waals surface area contributed by atoms with Gasteiger partial charge in [0.25, 0.3) is 0 Å². The number of aromatic nitrogens is 1. The molecule has 0 saturated heterocycles. The van der Waals surface area contributed by atoms with E-state index in [9.17, 15) is 9.59 Å². The molecule has 0 unspecified atom stereocenters. The Morgan fingerprint density at radius 3 is 2.52 bits per heavy atom. The standard InChI is InChI=1S/C18H22N2O4S/c1-12-7-13(5-6-15(12)16(21)22)8-20(9-14-10-25-11-19-14)17(23)24-18(2,3)4/h5-7,10-11H,8-9H2,1-4H3,(H,21,22). The molecule has 1 N–H and O–H groups in total. The number of thiazole rings is 1. The van der Waals surface area contributed by atoms with E-state index in [-0.39, 0.29) is 5.56 Å². The number of carboxylic acids is 1. The lowest BCUT2D eigenvalue weighted by Crippen LogP contribution is -2.36. The molecule has 0 aliphatic rings. The van der Waals surface area contributed by atoms with E-state index in [1.807, 2.05) is 26.2 Å². The first kappa shape index (κ1) is 18.9. The molecule has 2 rings (SSSR count). The highest BCUT2D eigenvalue weighted by molar-refractivity contribution is 7.07. The number of amides is 1. The van der Waals surface area contributed by atoms with Crippen LogP contribution < -0.4 is 0 Å². The topological polar surface area (TPSA) is 79.7 Å². The van der Waals surface area contributed by atoms with Gasteiger partial charge >= 0.3 is 12.1 Å². The summed E-state index contributed by atoms with van der Waals surface area (Å²) < 4.78 is 5.48. The molecule has 6 nitrogen and oxygen atoms in total. The third-order valence-electron chi connectivity index (χ3n) is 3.38. The average Bonchev–Trinajstić information content (AvgIpc) is 2.97. The highest BCUT2D eigenvalue weighted by atomic mass is 32.1. The molecule has 1 aromatic carbocycles. The van der Waals surface area contributed by atoms with Crippen molar-refractivity contribution in [2.75, 3.05) is 0 Å². The average molecular weight is 362 g/mol. The highest BCUT2D eigenvalue weighted by Crippen LogP contribution is 2.18. The summed E-state index contributed by atoms with van der Waals surface area (Å²) in [6.07, 6.45) is -0.430. The lowest BCUT2D eigenvalue weighted by molar-refractivity contribution is 0.0214. The first-order valence-corrected chi connectivity index (χ1v) is 8.78. The second-order valence-corrected chi connectivity index (χ2v) is 7.49. The molecule has 1 amide bonds. The molecule has 1 heterocycles. The van der Waals surface area contributed by atoms with Crippen molar-refractivity contribution in [3.8, 4) is 0 Å². The van der Waals surface area contributed by atoms with Gasteiger partial charge < -0.3 is 9.84 Å². The van der Waals surface area contributed by atoms with Gasteiger partial charge in [-0.3, -0.25) is 4.90 Å². The van der Waals surface area contributed by atoms with Crippen LogP contribution in [0, 0.1) is 6.92 Å². The molecule has 0 bridgehead atoms. The number of ether oxygens (including phenoxy) is 1. The Kier molecular flexibility index (Phi) is 5.79. The lowest BCUT2D eigenvalue weighted by Gasteiger charge is -2.27. The number of carbonyl (C=O) groups excluding carboxylic acids is 1.